The summed E-state index contributed by atoms with van der Waals surface area (Å²) in [6.07, 6.45) is 1.95. The van der Waals surface area contributed by atoms with Crippen molar-refractivity contribution in [1.29, 1.82) is 0 Å². The fraction of sp³-hybridized carbons (Fsp3) is 0.565. The molecule has 2 saturated heterocycles. The molecule has 3 aromatic rings. The molecule has 166 valence electrons. The molecular formula is C23H31N5O2S. The summed E-state index contributed by atoms with van der Waals surface area (Å²) in [6, 6.07) is 0.608. The van der Waals surface area contributed by atoms with Crippen molar-refractivity contribution in [3.63, 3.8) is 0 Å². The lowest BCUT2D eigenvalue weighted by Crippen LogP contribution is -2.56. The van der Waals surface area contributed by atoms with Crippen LogP contribution in [0.3, 0.4) is 0 Å². The fourth-order valence-corrected chi connectivity index (χ4v) is 5.76. The lowest BCUT2D eigenvalue weighted by Gasteiger charge is -2.42. The molecule has 1 N–H and O–H groups in total. The van der Waals surface area contributed by atoms with Gasteiger partial charge in [0.05, 0.1) is 24.9 Å². The van der Waals surface area contributed by atoms with E-state index < -0.39 is 0 Å². The number of aromatic amines is 1. The molecular weight excluding hydrogens is 410 g/mol. The predicted octanol–water partition coefficient (Wildman–Crippen LogP) is 3.25. The maximum Gasteiger partial charge on any atom is 0.253 e. The van der Waals surface area contributed by atoms with Gasteiger partial charge in [0.25, 0.3) is 5.56 Å². The third kappa shape index (κ3) is 3.41. The zero-order valence-corrected chi connectivity index (χ0v) is 19.8. The highest BCUT2D eigenvalue weighted by Gasteiger charge is 2.30. The number of rotatable bonds is 4. The number of piperazine rings is 1. The molecule has 0 saturated carbocycles. The standard InChI is InChI=1S/C23H31N5O2S/c1-13(2)18-19(17-10-26(5)22(29)15(4)14(17)3)24-21-20(18)25-23(31-21)28-8-6-27(7-9-28)16-11-30-12-16/h10,13,16,24H,6-9,11-12H2,1-5H3. The van der Waals surface area contributed by atoms with E-state index in [1.807, 2.05) is 27.1 Å². The smallest absolute Gasteiger partial charge is 0.253 e. The number of aryl methyl sites for hydroxylation is 1. The number of thiazole rings is 1. The summed E-state index contributed by atoms with van der Waals surface area (Å²) < 4.78 is 7.04. The second-order valence-corrected chi connectivity index (χ2v) is 10.1. The van der Waals surface area contributed by atoms with Crippen LogP contribution in [-0.2, 0) is 11.8 Å². The SMILES string of the molecule is Cc1c(-c2[nH]c3sc(N4CCN(C5COC5)CC4)nc3c2C(C)C)cn(C)c(=O)c1C. The van der Waals surface area contributed by atoms with E-state index >= 15 is 0 Å². The summed E-state index contributed by atoms with van der Waals surface area (Å²) >= 11 is 1.75. The number of anilines is 1. The van der Waals surface area contributed by atoms with Gasteiger partial charge in [0.2, 0.25) is 0 Å². The fourth-order valence-electron chi connectivity index (χ4n) is 4.73. The van der Waals surface area contributed by atoms with Crippen molar-refractivity contribution in [2.45, 2.75) is 39.7 Å². The van der Waals surface area contributed by atoms with Gasteiger partial charge in [-0.3, -0.25) is 9.69 Å². The van der Waals surface area contributed by atoms with Gasteiger partial charge >= 0.3 is 0 Å². The zero-order chi connectivity index (χ0) is 21.9. The van der Waals surface area contributed by atoms with Crippen LogP contribution < -0.4 is 10.5 Å². The number of fused-ring (bicyclic) bond motifs is 1. The Labute approximate surface area is 186 Å². The van der Waals surface area contributed by atoms with Crippen molar-refractivity contribution < 1.29 is 4.74 Å². The number of H-pyrrole nitrogens is 1. The number of hydrogen-bond donors (Lipinski definition) is 1. The maximum atomic E-state index is 12.3. The van der Waals surface area contributed by atoms with Crippen LogP contribution in [0.2, 0.25) is 0 Å². The largest absolute Gasteiger partial charge is 0.378 e. The molecule has 0 amide bonds. The molecule has 0 atom stereocenters. The topological polar surface area (TPSA) is 66.4 Å². The van der Waals surface area contributed by atoms with Crippen LogP contribution in [0, 0.1) is 13.8 Å². The predicted molar refractivity (Wildman–Crippen MR) is 127 cm³/mol. The molecule has 0 aliphatic carbocycles. The molecule has 5 heterocycles. The quantitative estimate of drug-likeness (QED) is 0.673. The first kappa shape index (κ1) is 20.7. The molecule has 3 aromatic heterocycles. The van der Waals surface area contributed by atoms with E-state index in [1.54, 1.807) is 15.9 Å². The van der Waals surface area contributed by atoms with Gasteiger partial charge < -0.3 is 19.2 Å². The van der Waals surface area contributed by atoms with E-state index in [9.17, 15) is 4.79 Å². The Hall–Kier alpha value is -2.16. The molecule has 0 radical (unpaired) electrons. The van der Waals surface area contributed by atoms with E-state index in [1.165, 1.54) is 5.56 Å². The van der Waals surface area contributed by atoms with Crippen molar-refractivity contribution in [1.82, 2.24) is 19.4 Å². The van der Waals surface area contributed by atoms with Crippen LogP contribution in [0.25, 0.3) is 21.6 Å². The monoisotopic (exact) mass is 441 g/mol. The first-order valence-electron chi connectivity index (χ1n) is 11.1. The Morgan fingerprint density at radius 1 is 1.16 bits per heavy atom. The summed E-state index contributed by atoms with van der Waals surface area (Å²) in [4.78, 5) is 27.2. The van der Waals surface area contributed by atoms with Crippen LogP contribution in [0.15, 0.2) is 11.0 Å². The van der Waals surface area contributed by atoms with Gasteiger partial charge in [-0.15, -0.1) is 0 Å². The average Bonchev–Trinajstić information content (AvgIpc) is 3.26. The summed E-state index contributed by atoms with van der Waals surface area (Å²) in [5.41, 5.74) is 6.40. The van der Waals surface area contributed by atoms with Crippen LogP contribution >= 0.6 is 11.3 Å². The highest BCUT2D eigenvalue weighted by Crippen LogP contribution is 2.40. The van der Waals surface area contributed by atoms with Gasteiger partial charge in [-0.1, -0.05) is 25.2 Å². The van der Waals surface area contributed by atoms with Crippen LogP contribution in [-0.4, -0.2) is 64.9 Å². The van der Waals surface area contributed by atoms with Crippen molar-refractivity contribution >= 4 is 26.8 Å². The van der Waals surface area contributed by atoms with E-state index in [2.05, 4.69) is 28.6 Å². The molecule has 0 unspecified atom stereocenters. The van der Waals surface area contributed by atoms with E-state index in [0.29, 0.717) is 12.0 Å². The Morgan fingerprint density at radius 2 is 1.87 bits per heavy atom. The Kier molecular flexibility index (Phi) is 5.19. The van der Waals surface area contributed by atoms with Crippen molar-refractivity contribution in [2.24, 2.45) is 7.05 Å². The van der Waals surface area contributed by atoms with Gasteiger partial charge in [0, 0.05) is 56.1 Å². The lowest BCUT2D eigenvalue weighted by atomic mass is 9.96. The highest BCUT2D eigenvalue weighted by molar-refractivity contribution is 7.21. The zero-order valence-electron chi connectivity index (χ0n) is 19.0. The molecule has 2 aliphatic rings. The lowest BCUT2D eigenvalue weighted by molar-refractivity contribution is -0.0660. The molecule has 7 nitrogen and oxygen atoms in total. The third-order valence-electron chi connectivity index (χ3n) is 6.88. The molecule has 2 aliphatic heterocycles. The van der Waals surface area contributed by atoms with Crippen LogP contribution in [0.5, 0.6) is 0 Å². The minimum Gasteiger partial charge on any atom is -0.378 e. The third-order valence-corrected chi connectivity index (χ3v) is 7.91. The molecule has 0 bridgehead atoms. The number of nitrogens with one attached hydrogen (secondary N) is 1. The van der Waals surface area contributed by atoms with Crippen LogP contribution in [0.4, 0.5) is 5.13 Å². The number of aromatic nitrogens is 3. The van der Waals surface area contributed by atoms with Gasteiger partial charge in [-0.2, -0.15) is 0 Å². The summed E-state index contributed by atoms with van der Waals surface area (Å²) in [7, 11) is 1.82. The molecule has 31 heavy (non-hydrogen) atoms. The Balaban J connectivity index is 1.50. The van der Waals surface area contributed by atoms with Gasteiger partial charge in [-0.05, 0) is 25.3 Å². The van der Waals surface area contributed by atoms with Gasteiger partial charge in [-0.25, -0.2) is 4.98 Å². The number of pyridine rings is 1. The summed E-state index contributed by atoms with van der Waals surface area (Å²) in [5.74, 6) is 0.325. The average molecular weight is 442 g/mol. The second-order valence-electron chi connectivity index (χ2n) is 9.17. The number of ether oxygens (including phenoxy) is 1. The van der Waals surface area contributed by atoms with Crippen molar-refractivity contribution in [2.75, 3.05) is 44.3 Å². The molecule has 8 heteroatoms. The molecule has 0 aromatic carbocycles. The first-order valence-corrected chi connectivity index (χ1v) is 11.9. The molecule has 2 fully saturated rings. The minimum absolute atomic E-state index is 0.0636. The maximum absolute atomic E-state index is 12.3. The normalized spacial score (nSPS) is 18.3. The van der Waals surface area contributed by atoms with Gasteiger partial charge in [0.15, 0.2) is 5.13 Å². The molecule has 5 rings (SSSR count). The van der Waals surface area contributed by atoms with Crippen molar-refractivity contribution in [3.05, 3.63) is 33.2 Å². The number of nitrogens with zero attached hydrogens (tertiary/aromatic N) is 4. The summed E-state index contributed by atoms with van der Waals surface area (Å²) in [6.45, 7) is 14.3. The highest BCUT2D eigenvalue weighted by atomic mass is 32.1. The first-order chi connectivity index (χ1) is 14.8. The molecule has 0 spiro atoms. The van der Waals surface area contributed by atoms with E-state index in [0.717, 1.165) is 77.3 Å². The summed E-state index contributed by atoms with van der Waals surface area (Å²) in [5, 5.41) is 1.10. The Bertz CT molecular complexity index is 1180. The minimum atomic E-state index is 0.0636. The van der Waals surface area contributed by atoms with Gasteiger partial charge in [0.1, 0.15) is 10.3 Å². The van der Waals surface area contributed by atoms with Crippen molar-refractivity contribution in [3.8, 4) is 11.3 Å². The number of hydrogen-bond acceptors (Lipinski definition) is 6. The van der Waals surface area contributed by atoms with Crippen LogP contribution in [0.1, 0.15) is 36.5 Å². The van der Waals surface area contributed by atoms with E-state index in [4.69, 9.17) is 9.72 Å². The second kappa shape index (κ2) is 7.76. The van der Waals surface area contributed by atoms with E-state index in [-0.39, 0.29) is 5.56 Å². The Morgan fingerprint density at radius 3 is 2.48 bits per heavy atom.